The standard InChI is InChI=1S/C16H15NO4/c18-11-5-10(6-12(19)8-11)16(21)17-15-13-4-2-1-3-9(13)7-14(15)20/h1-6,8,14-15,18-20H,7H2,(H,17,21)/t14-,15+/m0/s1. The van der Waals surface area contributed by atoms with Crippen LogP contribution in [0.15, 0.2) is 42.5 Å². The first-order chi connectivity index (χ1) is 10.0. The number of hydrogen-bond donors (Lipinski definition) is 4. The van der Waals surface area contributed by atoms with Crippen molar-refractivity contribution in [3.63, 3.8) is 0 Å². The van der Waals surface area contributed by atoms with Gasteiger partial charge in [0.2, 0.25) is 0 Å². The molecule has 0 spiro atoms. The van der Waals surface area contributed by atoms with Gasteiger partial charge in [-0.1, -0.05) is 24.3 Å². The van der Waals surface area contributed by atoms with E-state index in [1.165, 1.54) is 12.1 Å². The Labute approximate surface area is 121 Å². The number of fused-ring (bicyclic) bond motifs is 1. The highest BCUT2D eigenvalue weighted by Crippen LogP contribution is 2.31. The van der Waals surface area contributed by atoms with Crippen LogP contribution in [0.2, 0.25) is 0 Å². The summed E-state index contributed by atoms with van der Waals surface area (Å²) in [4.78, 5) is 12.2. The average Bonchev–Trinajstić information content (AvgIpc) is 2.74. The third-order valence-electron chi connectivity index (χ3n) is 3.66. The second-order valence-corrected chi connectivity index (χ2v) is 5.16. The van der Waals surface area contributed by atoms with Crippen molar-refractivity contribution in [1.29, 1.82) is 0 Å². The molecule has 0 unspecified atom stereocenters. The van der Waals surface area contributed by atoms with Crippen molar-refractivity contribution < 1.29 is 20.1 Å². The lowest BCUT2D eigenvalue weighted by Crippen LogP contribution is -2.33. The summed E-state index contributed by atoms with van der Waals surface area (Å²) in [5.41, 5.74) is 2.04. The van der Waals surface area contributed by atoms with Crippen LogP contribution in [-0.2, 0) is 6.42 Å². The van der Waals surface area contributed by atoms with Gasteiger partial charge >= 0.3 is 0 Å². The van der Waals surface area contributed by atoms with Crippen LogP contribution in [-0.4, -0.2) is 27.3 Å². The molecule has 2 atom stereocenters. The molecule has 0 saturated heterocycles. The van der Waals surface area contributed by atoms with Crippen LogP contribution < -0.4 is 5.32 Å². The summed E-state index contributed by atoms with van der Waals surface area (Å²) in [6.07, 6.45) is -0.191. The van der Waals surface area contributed by atoms with Gasteiger partial charge in [0.1, 0.15) is 11.5 Å². The van der Waals surface area contributed by atoms with E-state index in [1.54, 1.807) is 0 Å². The lowest BCUT2D eigenvalue weighted by atomic mass is 10.1. The quantitative estimate of drug-likeness (QED) is 0.673. The minimum Gasteiger partial charge on any atom is -0.508 e. The van der Waals surface area contributed by atoms with E-state index < -0.39 is 18.1 Å². The lowest BCUT2D eigenvalue weighted by molar-refractivity contribution is 0.0857. The Balaban J connectivity index is 1.85. The third kappa shape index (κ3) is 2.55. The van der Waals surface area contributed by atoms with Gasteiger partial charge in [-0.3, -0.25) is 4.79 Å². The van der Waals surface area contributed by atoms with Crippen molar-refractivity contribution in [1.82, 2.24) is 5.32 Å². The van der Waals surface area contributed by atoms with Crippen molar-refractivity contribution in [2.45, 2.75) is 18.6 Å². The van der Waals surface area contributed by atoms with Gasteiger partial charge < -0.3 is 20.6 Å². The number of nitrogens with one attached hydrogen (secondary N) is 1. The molecule has 0 heterocycles. The van der Waals surface area contributed by atoms with Crippen molar-refractivity contribution in [3.05, 3.63) is 59.2 Å². The molecule has 0 bridgehead atoms. The predicted octanol–water partition coefficient (Wildman–Crippen LogP) is 1.49. The van der Waals surface area contributed by atoms with Gasteiger partial charge in [-0.25, -0.2) is 0 Å². The summed E-state index contributed by atoms with van der Waals surface area (Å²) < 4.78 is 0. The summed E-state index contributed by atoms with van der Waals surface area (Å²) in [6.45, 7) is 0. The number of phenolic OH excluding ortho intramolecular Hbond substituents is 2. The number of aliphatic hydroxyl groups is 1. The number of carbonyl (C=O) groups excluding carboxylic acids is 1. The second-order valence-electron chi connectivity index (χ2n) is 5.16. The number of carbonyl (C=O) groups is 1. The molecule has 0 aromatic heterocycles. The monoisotopic (exact) mass is 285 g/mol. The van der Waals surface area contributed by atoms with Gasteiger partial charge in [-0.05, 0) is 23.3 Å². The van der Waals surface area contributed by atoms with Gasteiger partial charge in [0.05, 0.1) is 12.1 Å². The normalized spacial score (nSPS) is 20.0. The summed E-state index contributed by atoms with van der Waals surface area (Å²) in [6, 6.07) is 10.7. The van der Waals surface area contributed by atoms with Gasteiger partial charge in [0.25, 0.3) is 5.91 Å². The fraction of sp³-hybridized carbons (Fsp3) is 0.188. The number of amides is 1. The highest BCUT2D eigenvalue weighted by molar-refractivity contribution is 5.95. The first kappa shape index (κ1) is 13.5. The maximum Gasteiger partial charge on any atom is 0.252 e. The largest absolute Gasteiger partial charge is 0.508 e. The molecule has 1 aliphatic carbocycles. The van der Waals surface area contributed by atoms with E-state index in [0.717, 1.165) is 17.2 Å². The van der Waals surface area contributed by atoms with Gasteiger partial charge in [-0.2, -0.15) is 0 Å². The summed E-state index contributed by atoms with van der Waals surface area (Å²) in [7, 11) is 0. The van der Waals surface area contributed by atoms with E-state index in [0.29, 0.717) is 6.42 Å². The van der Waals surface area contributed by atoms with Crippen LogP contribution in [0.5, 0.6) is 11.5 Å². The Morgan fingerprint density at radius 1 is 1.10 bits per heavy atom. The molecular formula is C16H15NO4. The van der Waals surface area contributed by atoms with E-state index in [4.69, 9.17) is 0 Å². The highest BCUT2D eigenvalue weighted by atomic mass is 16.3. The molecule has 0 radical (unpaired) electrons. The molecule has 0 fully saturated rings. The van der Waals surface area contributed by atoms with E-state index in [9.17, 15) is 20.1 Å². The molecule has 108 valence electrons. The number of aliphatic hydroxyl groups excluding tert-OH is 1. The smallest absolute Gasteiger partial charge is 0.252 e. The van der Waals surface area contributed by atoms with Crippen molar-refractivity contribution in [2.75, 3.05) is 0 Å². The molecule has 21 heavy (non-hydrogen) atoms. The van der Waals surface area contributed by atoms with Crippen molar-refractivity contribution >= 4 is 5.91 Å². The van der Waals surface area contributed by atoms with Gasteiger partial charge in [0, 0.05) is 18.1 Å². The number of hydrogen-bond acceptors (Lipinski definition) is 4. The molecule has 2 aromatic rings. The Bertz CT molecular complexity index is 678. The lowest BCUT2D eigenvalue weighted by Gasteiger charge is -2.18. The average molecular weight is 285 g/mol. The Morgan fingerprint density at radius 2 is 1.76 bits per heavy atom. The number of phenols is 2. The maximum atomic E-state index is 12.2. The Morgan fingerprint density at radius 3 is 2.48 bits per heavy atom. The Hall–Kier alpha value is -2.53. The zero-order chi connectivity index (χ0) is 15.0. The topological polar surface area (TPSA) is 89.8 Å². The van der Waals surface area contributed by atoms with Crippen molar-refractivity contribution in [3.8, 4) is 11.5 Å². The zero-order valence-electron chi connectivity index (χ0n) is 11.2. The zero-order valence-corrected chi connectivity index (χ0v) is 11.2. The number of rotatable bonds is 2. The molecule has 0 saturated carbocycles. The van der Waals surface area contributed by atoms with Gasteiger partial charge in [0.15, 0.2) is 0 Å². The summed E-state index contributed by atoms with van der Waals surface area (Å²) in [5, 5.41) is 31.7. The number of aromatic hydroxyl groups is 2. The molecular weight excluding hydrogens is 270 g/mol. The van der Waals surface area contributed by atoms with Crippen LogP contribution in [0.1, 0.15) is 27.5 Å². The van der Waals surface area contributed by atoms with Crippen LogP contribution >= 0.6 is 0 Å². The first-order valence-corrected chi connectivity index (χ1v) is 6.64. The fourth-order valence-corrected chi connectivity index (χ4v) is 2.70. The SMILES string of the molecule is O=C(N[C@@H]1c2ccccc2C[C@@H]1O)c1cc(O)cc(O)c1. The van der Waals surface area contributed by atoms with Crippen molar-refractivity contribution in [2.24, 2.45) is 0 Å². The predicted molar refractivity (Wildman–Crippen MR) is 76.1 cm³/mol. The highest BCUT2D eigenvalue weighted by Gasteiger charge is 2.32. The minimum atomic E-state index is -0.683. The molecule has 0 aliphatic heterocycles. The molecule has 5 nitrogen and oxygen atoms in total. The minimum absolute atomic E-state index is 0.143. The fourth-order valence-electron chi connectivity index (χ4n) is 2.70. The molecule has 3 rings (SSSR count). The van der Waals surface area contributed by atoms with Crippen LogP contribution in [0.25, 0.3) is 0 Å². The van der Waals surface area contributed by atoms with E-state index in [1.807, 2.05) is 24.3 Å². The Kier molecular flexibility index (Phi) is 3.27. The summed E-state index contributed by atoms with van der Waals surface area (Å²) >= 11 is 0. The summed E-state index contributed by atoms with van der Waals surface area (Å²) in [5.74, 6) is -0.831. The molecule has 2 aromatic carbocycles. The van der Waals surface area contributed by atoms with E-state index in [-0.39, 0.29) is 17.1 Å². The van der Waals surface area contributed by atoms with Crippen LogP contribution in [0.3, 0.4) is 0 Å². The number of benzene rings is 2. The van der Waals surface area contributed by atoms with Gasteiger partial charge in [-0.15, -0.1) is 0 Å². The molecule has 4 N–H and O–H groups in total. The van der Waals surface area contributed by atoms with E-state index >= 15 is 0 Å². The molecule has 1 amide bonds. The molecule has 1 aliphatic rings. The third-order valence-corrected chi connectivity index (χ3v) is 3.66. The second kappa shape index (κ2) is 5.10. The van der Waals surface area contributed by atoms with Crippen LogP contribution in [0.4, 0.5) is 0 Å². The van der Waals surface area contributed by atoms with E-state index in [2.05, 4.69) is 5.32 Å². The molecule has 5 heteroatoms. The first-order valence-electron chi connectivity index (χ1n) is 6.64. The van der Waals surface area contributed by atoms with Crippen LogP contribution in [0, 0.1) is 0 Å². The maximum absolute atomic E-state index is 12.2.